The van der Waals surface area contributed by atoms with Crippen molar-refractivity contribution < 1.29 is 0 Å². The van der Waals surface area contributed by atoms with Crippen molar-refractivity contribution in [3.8, 4) is 0 Å². The molecule has 19 heavy (non-hydrogen) atoms. The molecule has 2 unspecified atom stereocenters. The summed E-state index contributed by atoms with van der Waals surface area (Å²) in [5.41, 5.74) is 7.84. The van der Waals surface area contributed by atoms with Crippen LogP contribution in [0.3, 0.4) is 0 Å². The molecule has 0 aromatic heterocycles. The normalized spacial score (nSPS) is 22.6. The molecule has 2 rings (SSSR count). The van der Waals surface area contributed by atoms with Crippen molar-refractivity contribution in [2.24, 2.45) is 11.1 Å². The molecule has 2 atom stereocenters. The lowest BCUT2D eigenvalue weighted by atomic mass is 9.87. The quantitative estimate of drug-likeness (QED) is 0.900. The van der Waals surface area contributed by atoms with Crippen LogP contribution in [0.15, 0.2) is 30.3 Å². The molecule has 2 heteroatoms. The van der Waals surface area contributed by atoms with Gasteiger partial charge < -0.3 is 5.73 Å². The number of likely N-dealkylation sites (tertiary alicyclic amines) is 1. The first-order chi connectivity index (χ1) is 8.99. The SMILES string of the molecule is CC(C)(C)CC(CN)N1CCC(c2ccccc2)C1. The Morgan fingerprint density at radius 3 is 2.53 bits per heavy atom. The number of hydrogen-bond donors (Lipinski definition) is 1. The van der Waals surface area contributed by atoms with Crippen molar-refractivity contribution >= 4 is 0 Å². The van der Waals surface area contributed by atoms with E-state index in [0.29, 0.717) is 17.4 Å². The van der Waals surface area contributed by atoms with Crippen LogP contribution in [0.5, 0.6) is 0 Å². The van der Waals surface area contributed by atoms with Gasteiger partial charge in [-0.2, -0.15) is 0 Å². The van der Waals surface area contributed by atoms with Gasteiger partial charge in [0.2, 0.25) is 0 Å². The molecule has 1 aliphatic rings. The van der Waals surface area contributed by atoms with Crippen molar-refractivity contribution in [2.45, 2.75) is 45.6 Å². The zero-order chi connectivity index (χ0) is 13.9. The summed E-state index contributed by atoms with van der Waals surface area (Å²) in [7, 11) is 0. The third kappa shape index (κ3) is 4.05. The predicted octanol–water partition coefficient (Wildman–Crippen LogP) is 3.24. The summed E-state index contributed by atoms with van der Waals surface area (Å²) in [6.45, 7) is 10.1. The fourth-order valence-electron chi connectivity index (χ4n) is 3.18. The summed E-state index contributed by atoms with van der Waals surface area (Å²) in [5, 5.41) is 0. The highest BCUT2D eigenvalue weighted by molar-refractivity contribution is 5.21. The second-order valence-electron chi connectivity index (χ2n) is 7.05. The zero-order valence-electron chi connectivity index (χ0n) is 12.6. The number of nitrogens with zero attached hydrogens (tertiary/aromatic N) is 1. The molecular weight excluding hydrogens is 232 g/mol. The minimum atomic E-state index is 0.356. The van der Waals surface area contributed by atoms with Gasteiger partial charge in [0.15, 0.2) is 0 Å². The van der Waals surface area contributed by atoms with Crippen molar-refractivity contribution in [3.63, 3.8) is 0 Å². The molecule has 0 aliphatic carbocycles. The van der Waals surface area contributed by atoms with E-state index < -0.39 is 0 Å². The zero-order valence-corrected chi connectivity index (χ0v) is 12.6. The lowest BCUT2D eigenvalue weighted by Gasteiger charge is -2.32. The highest BCUT2D eigenvalue weighted by Gasteiger charge is 2.30. The predicted molar refractivity (Wildman–Crippen MR) is 82.3 cm³/mol. The first-order valence-corrected chi connectivity index (χ1v) is 7.48. The van der Waals surface area contributed by atoms with E-state index in [4.69, 9.17) is 5.73 Å². The standard InChI is InChI=1S/C17H28N2/c1-17(2,3)11-16(12-18)19-10-9-15(13-19)14-7-5-4-6-8-14/h4-8,15-16H,9-13,18H2,1-3H3. The van der Waals surface area contributed by atoms with Crippen LogP contribution >= 0.6 is 0 Å². The average molecular weight is 260 g/mol. The monoisotopic (exact) mass is 260 g/mol. The molecule has 0 spiro atoms. The van der Waals surface area contributed by atoms with E-state index in [1.54, 1.807) is 0 Å². The van der Waals surface area contributed by atoms with Crippen molar-refractivity contribution in [3.05, 3.63) is 35.9 Å². The Morgan fingerprint density at radius 1 is 1.26 bits per heavy atom. The van der Waals surface area contributed by atoms with Gasteiger partial charge in [0.25, 0.3) is 0 Å². The summed E-state index contributed by atoms with van der Waals surface area (Å²) in [5.74, 6) is 0.690. The number of rotatable bonds is 4. The van der Waals surface area contributed by atoms with Crippen molar-refractivity contribution in [2.75, 3.05) is 19.6 Å². The van der Waals surface area contributed by atoms with Crippen molar-refractivity contribution in [1.82, 2.24) is 4.90 Å². The van der Waals surface area contributed by atoms with Crippen LogP contribution in [0, 0.1) is 5.41 Å². The Balaban J connectivity index is 1.97. The number of nitrogens with two attached hydrogens (primary N) is 1. The summed E-state index contributed by atoms with van der Waals surface area (Å²) >= 11 is 0. The van der Waals surface area contributed by atoms with E-state index in [1.807, 2.05) is 0 Å². The van der Waals surface area contributed by atoms with Gasteiger partial charge in [0.05, 0.1) is 0 Å². The smallest absolute Gasteiger partial charge is 0.0223 e. The highest BCUT2D eigenvalue weighted by atomic mass is 15.2. The maximum absolute atomic E-state index is 6.00. The van der Waals surface area contributed by atoms with Crippen LogP contribution in [-0.4, -0.2) is 30.6 Å². The van der Waals surface area contributed by atoms with E-state index >= 15 is 0 Å². The van der Waals surface area contributed by atoms with Crippen LogP contribution < -0.4 is 5.73 Å². The first-order valence-electron chi connectivity index (χ1n) is 7.48. The van der Waals surface area contributed by atoms with Gasteiger partial charge in [0.1, 0.15) is 0 Å². The lowest BCUT2D eigenvalue weighted by Crippen LogP contribution is -2.41. The third-order valence-electron chi connectivity index (χ3n) is 4.13. The Kier molecular flexibility index (Phi) is 4.64. The molecule has 0 amide bonds. The van der Waals surface area contributed by atoms with Gasteiger partial charge in [-0.15, -0.1) is 0 Å². The van der Waals surface area contributed by atoms with E-state index in [2.05, 4.69) is 56.0 Å². The van der Waals surface area contributed by atoms with E-state index in [1.165, 1.54) is 31.5 Å². The number of hydrogen-bond acceptors (Lipinski definition) is 2. The Bertz CT molecular complexity index is 380. The molecule has 0 bridgehead atoms. The minimum absolute atomic E-state index is 0.356. The number of benzene rings is 1. The minimum Gasteiger partial charge on any atom is -0.329 e. The third-order valence-corrected chi connectivity index (χ3v) is 4.13. The summed E-state index contributed by atoms with van der Waals surface area (Å²) in [4.78, 5) is 2.60. The van der Waals surface area contributed by atoms with Crippen molar-refractivity contribution in [1.29, 1.82) is 0 Å². The van der Waals surface area contributed by atoms with Gasteiger partial charge in [-0.1, -0.05) is 51.1 Å². The van der Waals surface area contributed by atoms with Crippen LogP contribution in [-0.2, 0) is 0 Å². The fraction of sp³-hybridized carbons (Fsp3) is 0.647. The van der Waals surface area contributed by atoms with Gasteiger partial charge in [0, 0.05) is 19.1 Å². The Labute approximate surface area is 118 Å². The molecule has 1 heterocycles. The van der Waals surface area contributed by atoms with Gasteiger partial charge in [-0.25, -0.2) is 0 Å². The first kappa shape index (κ1) is 14.5. The maximum atomic E-state index is 6.00. The molecule has 106 valence electrons. The molecule has 2 N–H and O–H groups in total. The molecule has 2 nitrogen and oxygen atoms in total. The van der Waals surface area contributed by atoms with Crippen LogP contribution in [0.1, 0.15) is 45.1 Å². The maximum Gasteiger partial charge on any atom is 0.0223 e. The highest BCUT2D eigenvalue weighted by Crippen LogP contribution is 2.31. The van der Waals surface area contributed by atoms with Crippen LogP contribution in [0.25, 0.3) is 0 Å². The molecule has 1 aromatic rings. The fourth-order valence-corrected chi connectivity index (χ4v) is 3.18. The van der Waals surface area contributed by atoms with E-state index in [0.717, 1.165) is 6.54 Å². The molecule has 0 radical (unpaired) electrons. The second kappa shape index (κ2) is 6.06. The van der Waals surface area contributed by atoms with Gasteiger partial charge in [-0.05, 0) is 36.3 Å². The van der Waals surface area contributed by atoms with Gasteiger partial charge in [-0.3, -0.25) is 4.90 Å². The van der Waals surface area contributed by atoms with Crippen LogP contribution in [0.4, 0.5) is 0 Å². The second-order valence-corrected chi connectivity index (χ2v) is 7.05. The topological polar surface area (TPSA) is 29.3 Å². The van der Waals surface area contributed by atoms with Crippen LogP contribution in [0.2, 0.25) is 0 Å². The molecule has 1 fully saturated rings. The Morgan fingerprint density at radius 2 is 1.95 bits per heavy atom. The summed E-state index contributed by atoms with van der Waals surface area (Å²) < 4.78 is 0. The molecule has 1 saturated heterocycles. The van der Waals surface area contributed by atoms with E-state index in [9.17, 15) is 0 Å². The lowest BCUT2D eigenvalue weighted by molar-refractivity contribution is 0.181. The largest absolute Gasteiger partial charge is 0.329 e. The molecular formula is C17H28N2. The van der Waals surface area contributed by atoms with Gasteiger partial charge >= 0.3 is 0 Å². The summed E-state index contributed by atoms with van der Waals surface area (Å²) in [6.07, 6.45) is 2.45. The van der Waals surface area contributed by atoms with E-state index in [-0.39, 0.29) is 0 Å². The Hall–Kier alpha value is -0.860. The average Bonchev–Trinajstić information content (AvgIpc) is 2.85. The molecule has 1 aromatic carbocycles. The molecule has 1 aliphatic heterocycles. The molecule has 0 saturated carbocycles. The summed E-state index contributed by atoms with van der Waals surface area (Å²) in [6, 6.07) is 11.4.